The number of rotatable bonds is 8. The lowest BCUT2D eigenvalue weighted by atomic mass is 10.0. The number of fused-ring (bicyclic) bond motifs is 1. The van der Waals surface area contributed by atoms with Crippen molar-refractivity contribution in [2.75, 3.05) is 11.9 Å². The van der Waals surface area contributed by atoms with Crippen molar-refractivity contribution in [3.05, 3.63) is 71.8 Å². The Morgan fingerprint density at radius 2 is 2.05 bits per heavy atom. The molecular formula is C27H26FN7O2. The molecule has 1 amide bonds. The van der Waals surface area contributed by atoms with Gasteiger partial charge in [-0.05, 0) is 68.5 Å². The van der Waals surface area contributed by atoms with E-state index in [9.17, 15) is 14.3 Å². The third-order valence-corrected chi connectivity index (χ3v) is 6.34. The lowest BCUT2D eigenvalue weighted by Crippen LogP contribution is -2.42. The van der Waals surface area contributed by atoms with Gasteiger partial charge in [-0.3, -0.25) is 14.8 Å². The van der Waals surface area contributed by atoms with E-state index in [1.807, 2.05) is 24.4 Å². The molecule has 0 spiro atoms. The number of aliphatic hydroxyl groups is 1. The van der Waals surface area contributed by atoms with Crippen molar-refractivity contribution in [2.24, 2.45) is 0 Å². The molecule has 1 saturated carbocycles. The number of alkyl halides is 1. The average Bonchev–Trinajstić information content (AvgIpc) is 3.65. The molecule has 188 valence electrons. The molecule has 1 aliphatic rings. The molecule has 5 rings (SSSR count). The Kier molecular flexibility index (Phi) is 6.31. The summed E-state index contributed by atoms with van der Waals surface area (Å²) in [6.45, 7) is 2.35. The molecule has 3 N–H and O–H groups in total. The number of amides is 1. The van der Waals surface area contributed by atoms with Gasteiger partial charge >= 0.3 is 0 Å². The summed E-state index contributed by atoms with van der Waals surface area (Å²) < 4.78 is 15.9. The minimum absolute atomic E-state index is 0.212. The number of halogens is 1. The Morgan fingerprint density at radius 3 is 2.78 bits per heavy atom. The minimum atomic E-state index is -1.64. The molecule has 1 fully saturated rings. The standard InChI is InChI=1S/C27H26FN7O2/c1-27(2,37)25(28)15-32-26(36)21-14-31-23(24-6-5-20-7-16(10-29)11-33-35(20)24)9-22(21)34-19-8-18(12-30-13-19)17-3-4-17/h5-9,11-14,17,25,37H,3-4,15H2,1-2H3,(H,31,34)(H,32,36). The Labute approximate surface area is 213 Å². The molecule has 1 unspecified atom stereocenters. The highest BCUT2D eigenvalue weighted by Gasteiger charge is 2.28. The maximum Gasteiger partial charge on any atom is 0.255 e. The van der Waals surface area contributed by atoms with Crippen molar-refractivity contribution in [3.8, 4) is 17.5 Å². The van der Waals surface area contributed by atoms with Crippen LogP contribution in [0.1, 0.15) is 54.1 Å². The van der Waals surface area contributed by atoms with Gasteiger partial charge in [0.05, 0.1) is 63.9 Å². The first-order chi connectivity index (χ1) is 17.7. The number of anilines is 2. The second-order valence-electron chi connectivity index (χ2n) is 9.76. The van der Waals surface area contributed by atoms with Gasteiger partial charge in [-0.25, -0.2) is 8.91 Å². The second-order valence-corrected chi connectivity index (χ2v) is 9.76. The topological polar surface area (TPSA) is 128 Å². The zero-order valence-electron chi connectivity index (χ0n) is 20.4. The number of nitrogens with zero attached hydrogens (tertiary/aromatic N) is 5. The minimum Gasteiger partial charge on any atom is -0.387 e. The van der Waals surface area contributed by atoms with Gasteiger partial charge in [0.25, 0.3) is 5.91 Å². The molecule has 4 aromatic heterocycles. The highest BCUT2D eigenvalue weighted by molar-refractivity contribution is 6.00. The van der Waals surface area contributed by atoms with Crippen molar-refractivity contribution in [3.63, 3.8) is 0 Å². The number of carbonyl (C=O) groups is 1. The number of nitriles is 1. The summed E-state index contributed by atoms with van der Waals surface area (Å²) in [5.41, 5.74) is 3.32. The second kappa shape index (κ2) is 9.59. The summed E-state index contributed by atoms with van der Waals surface area (Å²) in [5, 5.41) is 29.2. The molecule has 0 saturated heterocycles. The zero-order valence-corrected chi connectivity index (χ0v) is 20.4. The molecule has 4 aromatic rings. The number of hydrogen-bond donors (Lipinski definition) is 3. The molecule has 1 atom stereocenters. The summed E-state index contributed by atoms with van der Waals surface area (Å²) in [4.78, 5) is 21.9. The van der Waals surface area contributed by atoms with Gasteiger partial charge in [-0.1, -0.05) is 0 Å². The van der Waals surface area contributed by atoms with Crippen LogP contribution >= 0.6 is 0 Å². The van der Waals surface area contributed by atoms with E-state index in [-0.39, 0.29) is 12.1 Å². The van der Waals surface area contributed by atoms with E-state index in [1.165, 1.54) is 26.2 Å². The number of carbonyl (C=O) groups excluding carboxylic acids is 1. The molecule has 0 aliphatic heterocycles. The summed E-state index contributed by atoms with van der Waals surface area (Å²) in [6.07, 6.45) is 7.04. The van der Waals surface area contributed by atoms with Gasteiger partial charge in [0.15, 0.2) is 0 Å². The summed E-state index contributed by atoms with van der Waals surface area (Å²) in [7, 11) is 0. The first-order valence-electron chi connectivity index (χ1n) is 12.0. The first-order valence-corrected chi connectivity index (χ1v) is 12.0. The van der Waals surface area contributed by atoms with Gasteiger partial charge in [-0.15, -0.1) is 0 Å². The van der Waals surface area contributed by atoms with E-state index < -0.39 is 17.7 Å². The van der Waals surface area contributed by atoms with Gasteiger partial charge in [0, 0.05) is 12.4 Å². The van der Waals surface area contributed by atoms with Crippen LogP contribution in [0.3, 0.4) is 0 Å². The average molecular weight is 500 g/mol. The Hall–Kier alpha value is -4.36. The van der Waals surface area contributed by atoms with Crippen LogP contribution in [0.5, 0.6) is 0 Å². The van der Waals surface area contributed by atoms with Gasteiger partial charge in [0.2, 0.25) is 0 Å². The normalized spacial score (nSPS) is 14.2. The van der Waals surface area contributed by atoms with Crippen LogP contribution in [0.15, 0.2) is 55.1 Å². The number of nitrogens with one attached hydrogen (secondary N) is 2. The SMILES string of the molecule is CC(C)(O)C(F)CNC(=O)c1cnc(-c2ccc3cc(C#N)cnn23)cc1Nc1cncc(C2CC2)c1. The summed E-state index contributed by atoms with van der Waals surface area (Å²) in [6, 6.07) is 11.2. The maximum absolute atomic E-state index is 14.3. The fraction of sp³-hybridized carbons (Fsp3) is 0.296. The van der Waals surface area contributed by atoms with Crippen LogP contribution in [-0.4, -0.2) is 48.9 Å². The molecule has 9 nitrogen and oxygen atoms in total. The monoisotopic (exact) mass is 499 g/mol. The number of hydrogen-bond acceptors (Lipinski definition) is 7. The predicted octanol–water partition coefficient (Wildman–Crippen LogP) is 4.12. The van der Waals surface area contributed by atoms with E-state index in [0.717, 1.165) is 23.9 Å². The number of aromatic nitrogens is 4. The summed E-state index contributed by atoms with van der Waals surface area (Å²) in [5.74, 6) is -0.0265. The van der Waals surface area contributed by atoms with Gasteiger partial charge < -0.3 is 15.7 Å². The fourth-order valence-corrected chi connectivity index (χ4v) is 3.98. The quantitative estimate of drug-likeness (QED) is 0.333. The van der Waals surface area contributed by atoms with E-state index in [0.29, 0.717) is 34.2 Å². The molecular weight excluding hydrogens is 473 g/mol. The first kappa shape index (κ1) is 24.3. The summed E-state index contributed by atoms with van der Waals surface area (Å²) >= 11 is 0. The highest BCUT2D eigenvalue weighted by Crippen LogP contribution is 2.40. The smallest absolute Gasteiger partial charge is 0.255 e. The van der Waals surface area contributed by atoms with Crippen LogP contribution < -0.4 is 10.6 Å². The molecule has 0 radical (unpaired) electrons. The van der Waals surface area contributed by atoms with Crippen LogP contribution in [0, 0.1) is 11.3 Å². The van der Waals surface area contributed by atoms with Crippen LogP contribution in [-0.2, 0) is 0 Å². The van der Waals surface area contributed by atoms with Crippen molar-refractivity contribution >= 4 is 22.8 Å². The van der Waals surface area contributed by atoms with Crippen LogP contribution in [0.25, 0.3) is 16.9 Å². The Bertz CT molecular complexity index is 1520. The van der Waals surface area contributed by atoms with E-state index in [2.05, 4.69) is 31.8 Å². The van der Waals surface area contributed by atoms with E-state index in [4.69, 9.17) is 5.26 Å². The van der Waals surface area contributed by atoms with Crippen molar-refractivity contribution in [1.29, 1.82) is 5.26 Å². The molecule has 1 aliphatic carbocycles. The molecule has 10 heteroatoms. The Morgan fingerprint density at radius 1 is 1.24 bits per heavy atom. The van der Waals surface area contributed by atoms with Crippen LogP contribution in [0.2, 0.25) is 0 Å². The van der Waals surface area contributed by atoms with Crippen molar-refractivity contribution in [2.45, 2.75) is 44.4 Å². The highest BCUT2D eigenvalue weighted by atomic mass is 19.1. The molecule has 0 bridgehead atoms. The molecule has 4 heterocycles. The third kappa shape index (κ3) is 5.27. The fourth-order valence-electron chi connectivity index (χ4n) is 3.98. The van der Waals surface area contributed by atoms with Crippen molar-refractivity contribution < 1.29 is 14.3 Å². The van der Waals surface area contributed by atoms with Crippen molar-refractivity contribution in [1.82, 2.24) is 24.9 Å². The molecule has 37 heavy (non-hydrogen) atoms. The number of pyridine rings is 2. The largest absolute Gasteiger partial charge is 0.387 e. The lowest BCUT2D eigenvalue weighted by Gasteiger charge is -2.22. The lowest BCUT2D eigenvalue weighted by molar-refractivity contribution is -0.00177. The van der Waals surface area contributed by atoms with Gasteiger partial charge in [-0.2, -0.15) is 10.4 Å². The van der Waals surface area contributed by atoms with E-state index >= 15 is 0 Å². The van der Waals surface area contributed by atoms with Gasteiger partial charge in [0.1, 0.15) is 12.2 Å². The third-order valence-electron chi connectivity index (χ3n) is 6.34. The predicted molar refractivity (Wildman–Crippen MR) is 136 cm³/mol. The zero-order chi connectivity index (χ0) is 26.2. The molecule has 0 aromatic carbocycles. The van der Waals surface area contributed by atoms with E-state index in [1.54, 1.807) is 22.8 Å². The Balaban J connectivity index is 1.50. The maximum atomic E-state index is 14.3. The van der Waals surface area contributed by atoms with Crippen LogP contribution in [0.4, 0.5) is 15.8 Å².